The lowest BCUT2D eigenvalue weighted by Crippen LogP contribution is -2.47. The first-order chi connectivity index (χ1) is 13.2. The van der Waals surface area contributed by atoms with Crippen LogP contribution in [0.25, 0.3) is 0 Å². The van der Waals surface area contributed by atoms with E-state index >= 15 is 0 Å². The maximum atomic E-state index is 13.1. The molecule has 0 unspecified atom stereocenters. The lowest BCUT2D eigenvalue weighted by Gasteiger charge is -2.40. The fourth-order valence-corrected chi connectivity index (χ4v) is 3.85. The molecule has 2 aromatic rings. The van der Waals surface area contributed by atoms with Gasteiger partial charge in [0.15, 0.2) is 0 Å². The molecule has 0 atom stereocenters. The normalized spacial score (nSPS) is 17.9. The van der Waals surface area contributed by atoms with E-state index in [9.17, 15) is 14.4 Å². The molecule has 28 heavy (non-hydrogen) atoms. The van der Waals surface area contributed by atoms with Crippen molar-refractivity contribution in [2.45, 2.75) is 50.9 Å². The van der Waals surface area contributed by atoms with Crippen LogP contribution in [-0.4, -0.2) is 22.8 Å². The molecule has 2 amide bonds. The zero-order valence-corrected chi connectivity index (χ0v) is 16.3. The predicted molar refractivity (Wildman–Crippen MR) is 104 cm³/mol. The molecule has 0 N–H and O–H groups in total. The summed E-state index contributed by atoms with van der Waals surface area (Å²) in [5.74, 6) is -1.73. The minimum Gasteiger partial charge on any atom is -0.329 e. The van der Waals surface area contributed by atoms with E-state index in [0.29, 0.717) is 17.9 Å². The number of fused-ring (bicyclic) bond motifs is 1. The molecule has 0 saturated heterocycles. The fraction of sp³-hybridized carbons (Fsp3) is 0.348. The van der Waals surface area contributed by atoms with Gasteiger partial charge in [-0.1, -0.05) is 68.7 Å². The molecular formula is C23H23NO4. The zero-order valence-electron chi connectivity index (χ0n) is 16.3. The molecule has 1 heterocycles. The molecule has 2 aromatic carbocycles. The highest BCUT2D eigenvalue weighted by Gasteiger charge is 2.50. The summed E-state index contributed by atoms with van der Waals surface area (Å²) < 4.78 is 0. The van der Waals surface area contributed by atoms with Crippen LogP contribution in [0.2, 0.25) is 0 Å². The second-order valence-electron chi connectivity index (χ2n) is 8.59. The molecule has 2 aliphatic rings. The van der Waals surface area contributed by atoms with Gasteiger partial charge >= 0.3 is 5.97 Å². The third-order valence-electron chi connectivity index (χ3n) is 5.83. The number of benzene rings is 2. The van der Waals surface area contributed by atoms with Gasteiger partial charge in [-0.15, -0.1) is 0 Å². The molecule has 144 valence electrons. The first-order valence-corrected chi connectivity index (χ1v) is 9.55. The van der Waals surface area contributed by atoms with Gasteiger partial charge in [-0.3, -0.25) is 9.59 Å². The Labute approximate surface area is 164 Å². The third kappa shape index (κ3) is 2.73. The molecule has 1 aliphatic heterocycles. The molecule has 0 spiro atoms. The summed E-state index contributed by atoms with van der Waals surface area (Å²) in [6, 6.07) is 14.5. The van der Waals surface area contributed by atoms with Crippen LogP contribution in [0.15, 0.2) is 48.5 Å². The van der Waals surface area contributed by atoms with Gasteiger partial charge in [0.05, 0.1) is 16.5 Å². The Kier molecular flexibility index (Phi) is 4.14. The van der Waals surface area contributed by atoms with Gasteiger partial charge < -0.3 is 4.84 Å². The highest BCUT2D eigenvalue weighted by molar-refractivity contribution is 6.21. The summed E-state index contributed by atoms with van der Waals surface area (Å²) in [5.41, 5.74) is 1.79. The summed E-state index contributed by atoms with van der Waals surface area (Å²) in [7, 11) is 0. The number of imide groups is 1. The minimum atomic E-state index is -0.800. The molecule has 1 saturated carbocycles. The van der Waals surface area contributed by atoms with Crippen molar-refractivity contribution in [1.29, 1.82) is 0 Å². The van der Waals surface area contributed by atoms with Crippen molar-refractivity contribution in [3.05, 3.63) is 70.8 Å². The lowest BCUT2D eigenvalue weighted by molar-refractivity contribution is -0.179. The Hall–Kier alpha value is -2.95. The summed E-state index contributed by atoms with van der Waals surface area (Å²) in [4.78, 5) is 43.4. The summed E-state index contributed by atoms with van der Waals surface area (Å²) in [6.07, 6.45) is 2.19. The van der Waals surface area contributed by atoms with E-state index in [1.807, 2.05) is 24.3 Å². The lowest BCUT2D eigenvalue weighted by atomic mass is 9.64. The van der Waals surface area contributed by atoms with Crippen LogP contribution >= 0.6 is 0 Å². The van der Waals surface area contributed by atoms with Gasteiger partial charge in [0, 0.05) is 0 Å². The van der Waals surface area contributed by atoms with Crippen LogP contribution in [0.4, 0.5) is 0 Å². The van der Waals surface area contributed by atoms with Gasteiger partial charge in [0.1, 0.15) is 0 Å². The number of nitrogens with zero attached hydrogens (tertiary/aromatic N) is 1. The summed E-state index contributed by atoms with van der Waals surface area (Å²) >= 11 is 0. The Balaban J connectivity index is 1.59. The van der Waals surface area contributed by atoms with Gasteiger partial charge in [0.25, 0.3) is 11.8 Å². The number of rotatable bonds is 3. The van der Waals surface area contributed by atoms with Crippen molar-refractivity contribution in [2.75, 3.05) is 0 Å². The van der Waals surface area contributed by atoms with Crippen LogP contribution in [0, 0.1) is 0 Å². The number of hydrogen-bond donors (Lipinski definition) is 0. The monoisotopic (exact) mass is 377 g/mol. The first-order valence-electron chi connectivity index (χ1n) is 9.55. The van der Waals surface area contributed by atoms with Crippen molar-refractivity contribution in [3.8, 4) is 0 Å². The number of amides is 2. The van der Waals surface area contributed by atoms with Crippen LogP contribution in [0.1, 0.15) is 71.9 Å². The fourth-order valence-electron chi connectivity index (χ4n) is 3.85. The molecule has 4 rings (SSSR count). The number of carbonyl (C=O) groups is 3. The van der Waals surface area contributed by atoms with E-state index in [1.165, 1.54) is 5.56 Å². The molecule has 1 aliphatic carbocycles. The van der Waals surface area contributed by atoms with Gasteiger partial charge in [-0.05, 0) is 41.5 Å². The molecule has 0 aromatic heterocycles. The highest BCUT2D eigenvalue weighted by atomic mass is 16.7. The molecule has 5 heteroatoms. The van der Waals surface area contributed by atoms with Crippen molar-refractivity contribution >= 4 is 17.8 Å². The van der Waals surface area contributed by atoms with E-state index in [0.717, 1.165) is 12.0 Å². The van der Waals surface area contributed by atoms with Gasteiger partial charge in [-0.25, -0.2) is 4.79 Å². The molecular weight excluding hydrogens is 354 g/mol. The topological polar surface area (TPSA) is 63.7 Å². The second kappa shape index (κ2) is 6.30. The van der Waals surface area contributed by atoms with Crippen molar-refractivity contribution in [3.63, 3.8) is 0 Å². The van der Waals surface area contributed by atoms with Crippen LogP contribution in [0.5, 0.6) is 0 Å². The smallest absolute Gasteiger partial charge is 0.329 e. The largest absolute Gasteiger partial charge is 0.343 e. The van der Waals surface area contributed by atoms with E-state index < -0.39 is 23.2 Å². The van der Waals surface area contributed by atoms with E-state index in [-0.39, 0.29) is 16.5 Å². The van der Waals surface area contributed by atoms with Gasteiger partial charge in [0.2, 0.25) is 0 Å². The zero-order chi connectivity index (χ0) is 20.1. The Bertz CT molecular complexity index is 930. The average molecular weight is 377 g/mol. The Morgan fingerprint density at radius 2 is 1.46 bits per heavy atom. The van der Waals surface area contributed by atoms with E-state index in [4.69, 9.17) is 4.84 Å². The molecule has 1 fully saturated rings. The Morgan fingerprint density at radius 1 is 0.929 bits per heavy atom. The predicted octanol–water partition coefficient (Wildman–Crippen LogP) is 4.16. The SMILES string of the molecule is CC(C)(C)c1ccc(C2(C(=O)ON3C(=O)c4ccccc4C3=O)CCC2)cc1. The number of hydrogen-bond acceptors (Lipinski definition) is 4. The van der Waals surface area contributed by atoms with Crippen LogP contribution in [-0.2, 0) is 20.5 Å². The summed E-state index contributed by atoms with van der Waals surface area (Å²) in [5, 5.41) is 0.608. The number of hydroxylamine groups is 2. The van der Waals surface area contributed by atoms with E-state index in [2.05, 4.69) is 20.8 Å². The maximum absolute atomic E-state index is 13.1. The van der Waals surface area contributed by atoms with Crippen LogP contribution < -0.4 is 0 Å². The highest BCUT2D eigenvalue weighted by Crippen LogP contribution is 2.45. The third-order valence-corrected chi connectivity index (χ3v) is 5.83. The van der Waals surface area contributed by atoms with Crippen LogP contribution in [0.3, 0.4) is 0 Å². The molecule has 5 nitrogen and oxygen atoms in total. The van der Waals surface area contributed by atoms with Crippen molar-refractivity contribution in [2.24, 2.45) is 0 Å². The maximum Gasteiger partial charge on any atom is 0.343 e. The molecule has 0 bridgehead atoms. The quantitative estimate of drug-likeness (QED) is 0.754. The molecule has 0 radical (unpaired) electrons. The standard InChI is InChI=1S/C23H23NO4/c1-22(2,3)15-9-11-16(12-10-15)23(13-6-14-23)21(27)28-24-19(25)17-7-4-5-8-18(17)20(24)26/h4-5,7-12H,6,13-14H2,1-3H3. The minimum absolute atomic E-state index is 0.0198. The first kappa shape index (κ1) is 18.4. The number of carbonyl (C=O) groups excluding carboxylic acids is 3. The van der Waals surface area contributed by atoms with E-state index in [1.54, 1.807) is 24.3 Å². The van der Waals surface area contributed by atoms with Crippen molar-refractivity contribution in [1.82, 2.24) is 5.06 Å². The second-order valence-corrected chi connectivity index (χ2v) is 8.59. The summed E-state index contributed by atoms with van der Waals surface area (Å²) in [6.45, 7) is 6.41. The van der Waals surface area contributed by atoms with Crippen molar-refractivity contribution < 1.29 is 19.2 Å². The Morgan fingerprint density at radius 3 is 1.89 bits per heavy atom. The average Bonchev–Trinajstić information content (AvgIpc) is 2.86. The van der Waals surface area contributed by atoms with Gasteiger partial charge in [-0.2, -0.15) is 0 Å².